The number of carbonyl (C=O) groups is 3. The summed E-state index contributed by atoms with van der Waals surface area (Å²) in [4.78, 5) is 43.3. The molecule has 1 aromatic carbocycles. The van der Waals surface area contributed by atoms with Crippen LogP contribution >= 0.6 is 11.8 Å². The van der Waals surface area contributed by atoms with Gasteiger partial charge < -0.3 is 18.9 Å². The first-order valence-electron chi connectivity index (χ1n) is 9.50. The Bertz CT molecular complexity index is 940. The standard InChI is InChI=1S/C21H22N2O7S/c1-12(24)27-18-11-31-21(20(29-14(3)26)19(18)28-13(2)25)30-16-6-4-5-15(9-16)17-10-22-7-8-23-17/h4-10,18-21H,11H2,1-3H3/t18-,19+,20-,21+/m1/s1. The van der Waals surface area contributed by atoms with Crippen molar-refractivity contribution in [1.82, 2.24) is 9.97 Å². The van der Waals surface area contributed by atoms with Gasteiger partial charge in [0.25, 0.3) is 0 Å². The van der Waals surface area contributed by atoms with E-state index in [0.717, 1.165) is 5.56 Å². The zero-order chi connectivity index (χ0) is 22.4. The van der Waals surface area contributed by atoms with Crippen LogP contribution in [0.2, 0.25) is 0 Å². The molecule has 0 bridgehead atoms. The maximum Gasteiger partial charge on any atom is 0.303 e. The smallest absolute Gasteiger partial charge is 0.303 e. The zero-order valence-electron chi connectivity index (χ0n) is 17.2. The Morgan fingerprint density at radius 3 is 2.32 bits per heavy atom. The van der Waals surface area contributed by atoms with Gasteiger partial charge in [0.1, 0.15) is 5.75 Å². The lowest BCUT2D eigenvalue weighted by Crippen LogP contribution is -2.55. The molecule has 0 unspecified atom stereocenters. The van der Waals surface area contributed by atoms with Crippen molar-refractivity contribution in [1.29, 1.82) is 0 Å². The first-order chi connectivity index (χ1) is 14.8. The molecule has 3 rings (SSSR count). The summed E-state index contributed by atoms with van der Waals surface area (Å²) in [5.74, 6) is -0.891. The third-order valence-electron chi connectivity index (χ3n) is 4.25. The maximum atomic E-state index is 11.8. The largest absolute Gasteiger partial charge is 0.476 e. The van der Waals surface area contributed by atoms with Crippen molar-refractivity contribution in [2.45, 2.75) is 44.5 Å². The third-order valence-corrected chi connectivity index (χ3v) is 5.46. The molecule has 0 aliphatic carbocycles. The highest BCUT2D eigenvalue weighted by atomic mass is 32.2. The second-order valence-corrected chi connectivity index (χ2v) is 7.87. The fourth-order valence-electron chi connectivity index (χ4n) is 3.12. The molecule has 0 saturated carbocycles. The molecule has 0 spiro atoms. The summed E-state index contributed by atoms with van der Waals surface area (Å²) in [6, 6.07) is 7.21. The predicted molar refractivity (Wildman–Crippen MR) is 111 cm³/mol. The number of carbonyl (C=O) groups excluding carboxylic acids is 3. The van der Waals surface area contributed by atoms with Crippen molar-refractivity contribution in [2.24, 2.45) is 0 Å². The minimum atomic E-state index is -1.00. The van der Waals surface area contributed by atoms with E-state index in [1.165, 1.54) is 32.5 Å². The van der Waals surface area contributed by atoms with Gasteiger partial charge in [-0.05, 0) is 12.1 Å². The molecule has 0 N–H and O–H groups in total. The van der Waals surface area contributed by atoms with Gasteiger partial charge in [0.05, 0.1) is 11.9 Å². The van der Waals surface area contributed by atoms with Crippen LogP contribution in [0.15, 0.2) is 42.9 Å². The molecule has 164 valence electrons. The average molecular weight is 446 g/mol. The van der Waals surface area contributed by atoms with Crippen molar-refractivity contribution in [3.8, 4) is 17.0 Å². The predicted octanol–water partition coefficient (Wildman–Crippen LogP) is 2.39. The van der Waals surface area contributed by atoms with Gasteiger partial charge in [-0.3, -0.25) is 24.4 Å². The Balaban J connectivity index is 1.86. The van der Waals surface area contributed by atoms with Crippen molar-refractivity contribution >= 4 is 29.7 Å². The van der Waals surface area contributed by atoms with Crippen LogP contribution in [0.25, 0.3) is 11.3 Å². The van der Waals surface area contributed by atoms with E-state index in [9.17, 15) is 14.4 Å². The van der Waals surface area contributed by atoms with Gasteiger partial charge >= 0.3 is 17.9 Å². The van der Waals surface area contributed by atoms with Crippen LogP contribution in [-0.2, 0) is 28.6 Å². The summed E-state index contributed by atoms with van der Waals surface area (Å²) < 4.78 is 22.2. The lowest BCUT2D eigenvalue weighted by atomic mass is 10.1. The van der Waals surface area contributed by atoms with Crippen molar-refractivity contribution < 1.29 is 33.3 Å². The van der Waals surface area contributed by atoms with Gasteiger partial charge in [-0.2, -0.15) is 0 Å². The lowest BCUT2D eigenvalue weighted by molar-refractivity contribution is -0.186. The second-order valence-electron chi connectivity index (χ2n) is 6.73. The monoisotopic (exact) mass is 446 g/mol. The van der Waals surface area contributed by atoms with Crippen LogP contribution < -0.4 is 4.74 Å². The second kappa shape index (κ2) is 10.3. The summed E-state index contributed by atoms with van der Waals surface area (Å²) in [7, 11) is 0. The molecule has 2 aromatic rings. The molecule has 1 saturated heterocycles. The van der Waals surface area contributed by atoms with Crippen LogP contribution in [0.1, 0.15) is 20.8 Å². The average Bonchev–Trinajstić information content (AvgIpc) is 2.72. The van der Waals surface area contributed by atoms with Crippen molar-refractivity contribution in [3.63, 3.8) is 0 Å². The van der Waals surface area contributed by atoms with Crippen LogP contribution in [-0.4, -0.2) is 57.4 Å². The number of ether oxygens (including phenoxy) is 4. The number of benzene rings is 1. The molecule has 31 heavy (non-hydrogen) atoms. The molecule has 2 heterocycles. The third kappa shape index (κ3) is 6.17. The van der Waals surface area contributed by atoms with E-state index in [1.807, 2.05) is 6.07 Å². The Morgan fingerprint density at radius 2 is 1.68 bits per heavy atom. The van der Waals surface area contributed by atoms with Gasteiger partial charge in [0.2, 0.25) is 0 Å². The number of esters is 3. The number of nitrogens with zero attached hydrogens (tertiary/aromatic N) is 2. The Labute approximate surface area is 183 Å². The van der Waals surface area contributed by atoms with Gasteiger partial charge in [-0.25, -0.2) is 0 Å². The molecular weight excluding hydrogens is 424 g/mol. The van der Waals surface area contributed by atoms with E-state index in [1.54, 1.807) is 36.8 Å². The molecule has 0 radical (unpaired) electrons. The van der Waals surface area contributed by atoms with Gasteiger partial charge in [-0.1, -0.05) is 12.1 Å². The molecule has 4 atom stereocenters. The molecule has 10 heteroatoms. The maximum absolute atomic E-state index is 11.8. The van der Waals surface area contributed by atoms with E-state index in [-0.39, 0.29) is 0 Å². The van der Waals surface area contributed by atoms with Crippen molar-refractivity contribution in [3.05, 3.63) is 42.9 Å². The number of hydrogen-bond acceptors (Lipinski definition) is 10. The van der Waals surface area contributed by atoms with Gasteiger partial charge in [0, 0.05) is 44.5 Å². The number of thioether (sulfide) groups is 1. The van der Waals surface area contributed by atoms with Crippen LogP contribution in [0.3, 0.4) is 0 Å². The minimum absolute atomic E-state index is 0.295. The molecular formula is C21H22N2O7S. The van der Waals surface area contributed by atoms with E-state index < -0.39 is 41.7 Å². The van der Waals surface area contributed by atoms with E-state index >= 15 is 0 Å². The van der Waals surface area contributed by atoms with E-state index in [4.69, 9.17) is 18.9 Å². The fraction of sp³-hybridized carbons (Fsp3) is 0.381. The Hall–Kier alpha value is -3.14. The lowest BCUT2D eigenvalue weighted by Gasteiger charge is -2.39. The Kier molecular flexibility index (Phi) is 7.45. The van der Waals surface area contributed by atoms with E-state index in [0.29, 0.717) is 17.2 Å². The highest BCUT2D eigenvalue weighted by Crippen LogP contribution is 2.35. The van der Waals surface area contributed by atoms with Crippen LogP contribution in [0.4, 0.5) is 0 Å². The van der Waals surface area contributed by atoms with Gasteiger partial charge in [-0.15, -0.1) is 11.8 Å². The molecule has 1 fully saturated rings. The van der Waals surface area contributed by atoms with Gasteiger partial charge in [0.15, 0.2) is 23.7 Å². The normalized spacial score (nSPS) is 22.8. The van der Waals surface area contributed by atoms with Crippen molar-refractivity contribution in [2.75, 3.05) is 5.75 Å². The summed E-state index contributed by atoms with van der Waals surface area (Å²) in [6.45, 7) is 3.74. The van der Waals surface area contributed by atoms with E-state index in [2.05, 4.69) is 9.97 Å². The number of aromatic nitrogens is 2. The quantitative estimate of drug-likeness (QED) is 0.484. The highest BCUT2D eigenvalue weighted by molar-refractivity contribution is 7.99. The SMILES string of the molecule is CC(=O)O[C@@H]1[C@@H](OC(C)=O)[C@@H](Oc2cccc(-c3cnccn3)c2)SC[C@H]1OC(C)=O. The summed E-state index contributed by atoms with van der Waals surface area (Å²) in [5, 5.41) is 0. The number of hydrogen-bond donors (Lipinski definition) is 0. The Morgan fingerprint density at radius 1 is 0.968 bits per heavy atom. The summed E-state index contributed by atoms with van der Waals surface area (Å²) >= 11 is 1.29. The molecule has 1 aliphatic rings. The number of rotatable bonds is 6. The highest BCUT2D eigenvalue weighted by Gasteiger charge is 2.47. The molecule has 1 aliphatic heterocycles. The fourth-order valence-corrected chi connectivity index (χ4v) is 4.34. The molecule has 0 amide bonds. The van der Waals surface area contributed by atoms with Crippen LogP contribution in [0.5, 0.6) is 5.75 Å². The molecule has 9 nitrogen and oxygen atoms in total. The first kappa shape index (κ1) is 22.5. The van der Waals surface area contributed by atoms with Crippen LogP contribution in [0, 0.1) is 0 Å². The zero-order valence-corrected chi connectivity index (χ0v) is 18.0. The first-order valence-corrected chi connectivity index (χ1v) is 10.5. The topological polar surface area (TPSA) is 114 Å². The summed E-state index contributed by atoms with van der Waals surface area (Å²) in [5.41, 5.74) is 0.774. The summed E-state index contributed by atoms with van der Waals surface area (Å²) in [6.07, 6.45) is 2.05. The molecule has 1 aromatic heterocycles. The minimum Gasteiger partial charge on any atom is -0.476 e.